The number of sulfonamides is 1. The Balaban J connectivity index is 1.43. The number of carbonyl (C=O) groups is 4. The molecule has 6 atom stereocenters. The molecule has 0 saturated heterocycles. The molecule has 12 heteroatoms. The first-order valence-corrected chi connectivity index (χ1v) is 18.2. The summed E-state index contributed by atoms with van der Waals surface area (Å²) in [6.07, 6.45) is 4.28. The van der Waals surface area contributed by atoms with Crippen LogP contribution in [0.25, 0.3) is 10.8 Å². The quantitative estimate of drug-likeness (QED) is 0.281. The lowest BCUT2D eigenvalue weighted by molar-refractivity contribution is -0.138. The molecule has 2 aromatic rings. The van der Waals surface area contributed by atoms with Crippen LogP contribution in [0.3, 0.4) is 0 Å². The number of aromatic nitrogens is 1. The summed E-state index contributed by atoms with van der Waals surface area (Å²) in [5.74, 6) is -3.79. The van der Waals surface area contributed by atoms with Crippen molar-refractivity contribution >= 4 is 44.3 Å². The van der Waals surface area contributed by atoms with Gasteiger partial charge in [0, 0.05) is 29.8 Å². The Bertz CT molecular complexity index is 1720. The Morgan fingerprint density at radius 3 is 2.31 bits per heavy atom. The summed E-state index contributed by atoms with van der Waals surface area (Å²) in [5.41, 5.74) is -2.47. The number of carbonyl (C=O) groups excluding carboxylic acids is 4. The van der Waals surface area contributed by atoms with E-state index in [0.29, 0.717) is 18.7 Å². The molecule has 1 aromatic heterocycles. The summed E-state index contributed by atoms with van der Waals surface area (Å²) >= 11 is 0. The minimum absolute atomic E-state index is 0.150. The Labute approximate surface area is 283 Å². The number of amides is 3. The second kappa shape index (κ2) is 12.9. The van der Waals surface area contributed by atoms with Crippen molar-refractivity contribution in [3.05, 3.63) is 49.2 Å². The zero-order chi connectivity index (χ0) is 35.2. The second-order valence-electron chi connectivity index (χ2n) is 16.0. The van der Waals surface area contributed by atoms with Crippen LogP contribution in [0.5, 0.6) is 5.88 Å². The number of hydrogen-bond donors (Lipinski definition) is 3. The van der Waals surface area contributed by atoms with Crippen molar-refractivity contribution in [3.63, 3.8) is 0 Å². The van der Waals surface area contributed by atoms with Gasteiger partial charge >= 0.3 is 0 Å². The van der Waals surface area contributed by atoms with Crippen LogP contribution in [0.2, 0.25) is 0 Å². The van der Waals surface area contributed by atoms with Crippen LogP contribution < -0.4 is 20.1 Å². The average Bonchev–Trinajstić information content (AvgIpc) is 3.91. The molecule has 3 saturated carbocycles. The van der Waals surface area contributed by atoms with E-state index < -0.39 is 67.9 Å². The smallest absolute Gasteiger partial charge is 0.259 e. The molecule has 3 N–H and O–H groups in total. The lowest BCUT2D eigenvalue weighted by Crippen LogP contribution is -2.56. The summed E-state index contributed by atoms with van der Waals surface area (Å²) < 4.78 is 33.8. The third-order valence-corrected chi connectivity index (χ3v) is 11.4. The maximum atomic E-state index is 14.5. The maximum absolute atomic E-state index is 14.5. The summed E-state index contributed by atoms with van der Waals surface area (Å²) in [6, 6.07) is 8.59. The second-order valence-corrected chi connectivity index (χ2v) is 17.9. The van der Waals surface area contributed by atoms with Gasteiger partial charge in [0.05, 0.1) is 17.2 Å². The van der Waals surface area contributed by atoms with Gasteiger partial charge in [-0.2, -0.15) is 0 Å². The Morgan fingerprint density at radius 2 is 1.71 bits per heavy atom. The molecule has 3 fully saturated rings. The summed E-state index contributed by atoms with van der Waals surface area (Å²) in [5, 5.41) is 6.90. The van der Waals surface area contributed by atoms with Gasteiger partial charge in [-0.15, -0.1) is 6.58 Å². The molecule has 48 heavy (non-hydrogen) atoms. The Morgan fingerprint density at radius 1 is 1.04 bits per heavy atom. The normalized spacial score (nSPS) is 26.3. The van der Waals surface area contributed by atoms with E-state index >= 15 is 0 Å². The van der Waals surface area contributed by atoms with Crippen LogP contribution in [0, 0.1) is 28.6 Å². The van der Waals surface area contributed by atoms with Crippen LogP contribution in [0.1, 0.15) is 80.1 Å². The van der Waals surface area contributed by atoms with Crippen molar-refractivity contribution in [1.82, 2.24) is 20.3 Å². The van der Waals surface area contributed by atoms with Crippen molar-refractivity contribution < 1.29 is 32.3 Å². The number of rotatable bonds is 12. The molecule has 3 aliphatic rings. The first-order valence-electron chi connectivity index (χ1n) is 16.7. The topological polar surface area (TPSA) is 161 Å². The number of fused-ring (bicyclic) bond motifs is 1. The minimum atomic E-state index is -3.86. The number of benzene rings is 1. The molecule has 11 nitrogen and oxygen atoms in total. The van der Waals surface area contributed by atoms with Gasteiger partial charge in [0.15, 0.2) is 5.78 Å². The highest BCUT2D eigenvalue weighted by Crippen LogP contribution is 2.47. The van der Waals surface area contributed by atoms with Crippen LogP contribution >= 0.6 is 0 Å². The standard InChI is InChI=1S/C36H48N4O7S/c1-8-22-19-36(22,33(44)40-48(45,46)24-13-14-24)39-31(43)27-18-23(47-32-25-12-10-9-11-21(25)15-16-37-32)17-26(27)29(42)30(35(5,6)7)38-28(41)20-34(2,3)4/h8-12,15-16,22-24,26-27,30H,1,13-14,17-20H2,2-7H3,(H,38,41)(H,39,43)(H,40,44)/t22-,23+,26?,27-,30-,36-/m1/s1. The number of nitrogens with one attached hydrogen (secondary N) is 3. The first-order chi connectivity index (χ1) is 22.3. The maximum Gasteiger partial charge on any atom is 0.259 e. The number of pyridine rings is 1. The lowest BCUT2D eigenvalue weighted by Gasteiger charge is -2.34. The lowest BCUT2D eigenvalue weighted by atomic mass is 9.77. The molecule has 0 radical (unpaired) electrons. The van der Waals surface area contributed by atoms with Gasteiger partial charge in [0.25, 0.3) is 5.91 Å². The summed E-state index contributed by atoms with van der Waals surface area (Å²) in [7, 11) is -3.86. The fourth-order valence-corrected chi connectivity index (χ4v) is 8.05. The molecule has 5 rings (SSSR count). The van der Waals surface area contributed by atoms with Gasteiger partial charge in [0.2, 0.25) is 27.7 Å². The van der Waals surface area contributed by atoms with Crippen LogP contribution in [-0.4, -0.2) is 59.8 Å². The highest BCUT2D eigenvalue weighted by molar-refractivity contribution is 7.91. The third-order valence-electron chi connectivity index (χ3n) is 9.53. The van der Waals surface area contributed by atoms with Gasteiger partial charge in [0.1, 0.15) is 11.6 Å². The molecule has 3 aliphatic carbocycles. The largest absolute Gasteiger partial charge is 0.474 e. The van der Waals surface area contributed by atoms with E-state index in [-0.39, 0.29) is 42.8 Å². The zero-order valence-electron chi connectivity index (χ0n) is 28.7. The van der Waals surface area contributed by atoms with Crippen LogP contribution in [-0.2, 0) is 29.2 Å². The molecule has 0 aliphatic heterocycles. The van der Waals surface area contributed by atoms with Crippen molar-refractivity contribution in [2.75, 3.05) is 0 Å². The van der Waals surface area contributed by atoms with Gasteiger partial charge in [-0.05, 0) is 60.5 Å². The average molecular weight is 681 g/mol. The molecule has 3 amide bonds. The van der Waals surface area contributed by atoms with E-state index in [0.717, 1.165) is 10.8 Å². The SMILES string of the molecule is C=C[C@@H]1C[C@]1(NC(=O)[C@@H]1C[C@@H](Oc2nccc3ccccc23)CC1C(=O)[C@@H](NC(=O)CC(C)(C)C)C(C)(C)C)C(=O)NS(=O)(=O)C1CC1. The van der Waals surface area contributed by atoms with Crippen molar-refractivity contribution in [3.8, 4) is 5.88 Å². The molecule has 0 bridgehead atoms. The Hall–Kier alpha value is -3.80. The fraction of sp³-hybridized carbons (Fsp3) is 0.583. The molecule has 0 spiro atoms. The molecule has 1 aromatic carbocycles. The third kappa shape index (κ3) is 7.74. The molecule has 260 valence electrons. The molecule has 1 unspecified atom stereocenters. The van der Waals surface area contributed by atoms with Gasteiger partial charge in [-0.3, -0.25) is 23.9 Å². The molecule has 1 heterocycles. The fourth-order valence-electron chi connectivity index (χ4n) is 6.69. The van der Waals surface area contributed by atoms with E-state index in [4.69, 9.17) is 4.74 Å². The predicted molar refractivity (Wildman–Crippen MR) is 182 cm³/mol. The molecular weight excluding hydrogens is 632 g/mol. The number of ketones is 1. The summed E-state index contributed by atoms with van der Waals surface area (Å²) in [4.78, 5) is 59.6. The summed E-state index contributed by atoms with van der Waals surface area (Å²) in [6.45, 7) is 15.2. The van der Waals surface area contributed by atoms with Crippen molar-refractivity contribution in [2.24, 2.45) is 28.6 Å². The van der Waals surface area contributed by atoms with Crippen LogP contribution in [0.15, 0.2) is 49.2 Å². The van der Waals surface area contributed by atoms with E-state index in [2.05, 4.69) is 26.9 Å². The van der Waals surface area contributed by atoms with Crippen LogP contribution in [0.4, 0.5) is 0 Å². The Kier molecular flexibility index (Phi) is 9.55. The van der Waals surface area contributed by atoms with Gasteiger partial charge < -0.3 is 15.4 Å². The van der Waals surface area contributed by atoms with E-state index in [9.17, 15) is 27.6 Å². The number of hydrogen-bond acceptors (Lipinski definition) is 8. The number of nitrogens with zero attached hydrogens (tertiary/aromatic N) is 1. The highest BCUT2D eigenvalue weighted by Gasteiger charge is 2.62. The van der Waals surface area contributed by atoms with Crippen molar-refractivity contribution in [1.29, 1.82) is 0 Å². The molecular formula is C36H48N4O7S. The minimum Gasteiger partial charge on any atom is -0.474 e. The van der Waals surface area contributed by atoms with Gasteiger partial charge in [-0.1, -0.05) is 65.8 Å². The van der Waals surface area contributed by atoms with Crippen molar-refractivity contribution in [2.45, 2.75) is 103 Å². The zero-order valence-corrected chi connectivity index (χ0v) is 29.5. The van der Waals surface area contributed by atoms with Gasteiger partial charge in [-0.25, -0.2) is 13.4 Å². The van der Waals surface area contributed by atoms with E-state index in [1.54, 1.807) is 6.20 Å². The first kappa shape index (κ1) is 35.5. The highest BCUT2D eigenvalue weighted by atomic mass is 32.2. The van der Waals surface area contributed by atoms with E-state index in [1.807, 2.05) is 71.9 Å². The number of ether oxygens (including phenoxy) is 1. The number of Topliss-reactive ketones (excluding diaryl/α,β-unsaturated/α-hetero) is 1. The predicted octanol–water partition coefficient (Wildman–Crippen LogP) is 4.21. The van der Waals surface area contributed by atoms with E-state index in [1.165, 1.54) is 6.08 Å². The monoisotopic (exact) mass is 680 g/mol.